The Balaban J connectivity index is 1.57. The Bertz CT molecular complexity index is 887. The lowest BCUT2D eigenvalue weighted by atomic mass is 9.99. The van der Waals surface area contributed by atoms with E-state index in [2.05, 4.69) is 24.3 Å². The summed E-state index contributed by atoms with van der Waals surface area (Å²) in [5, 5.41) is 19.8. The van der Waals surface area contributed by atoms with Crippen LogP contribution >= 0.6 is 11.6 Å². The molecule has 3 rings (SSSR count). The van der Waals surface area contributed by atoms with Crippen molar-refractivity contribution in [2.75, 3.05) is 20.8 Å². The number of hydrogen-bond donors (Lipinski definition) is 1. The minimum Gasteiger partial charge on any atom is -0.507 e. The first-order valence-corrected chi connectivity index (χ1v) is 13.2. The van der Waals surface area contributed by atoms with E-state index >= 15 is 0 Å². The fourth-order valence-electron chi connectivity index (χ4n) is 4.49. The van der Waals surface area contributed by atoms with Gasteiger partial charge in [-0.2, -0.15) is 10.2 Å². The fourth-order valence-corrected chi connectivity index (χ4v) is 4.62. The second-order valence-electron chi connectivity index (χ2n) is 10.3. The summed E-state index contributed by atoms with van der Waals surface area (Å²) in [5.74, 6) is 0.280. The highest BCUT2D eigenvalue weighted by Crippen LogP contribution is 2.28. The molecule has 0 saturated heterocycles. The SMILES string of the molecule is C[N+](C)(COC1CCCCCCCCCCC1)Cc1cc(N=Nc2ccc(Cl)cc2)ccc1O. The molecule has 2 aromatic carbocycles. The largest absolute Gasteiger partial charge is 0.507 e. The lowest BCUT2D eigenvalue weighted by Crippen LogP contribution is -2.42. The van der Waals surface area contributed by atoms with Crippen LogP contribution in [0.4, 0.5) is 11.4 Å². The lowest BCUT2D eigenvalue weighted by Gasteiger charge is -2.32. The topological polar surface area (TPSA) is 54.2 Å². The summed E-state index contributed by atoms with van der Waals surface area (Å²) in [4.78, 5) is 0. The average Bonchev–Trinajstić information content (AvgIpc) is 2.80. The third-order valence-corrected chi connectivity index (χ3v) is 6.73. The number of azo groups is 1. The average molecular weight is 487 g/mol. The Morgan fingerprint density at radius 1 is 0.824 bits per heavy atom. The van der Waals surface area contributed by atoms with Gasteiger partial charge in [0.25, 0.3) is 0 Å². The van der Waals surface area contributed by atoms with Crippen molar-refractivity contribution in [2.24, 2.45) is 10.2 Å². The van der Waals surface area contributed by atoms with E-state index in [1.807, 2.05) is 18.2 Å². The normalized spacial score (nSPS) is 17.4. The monoisotopic (exact) mass is 486 g/mol. The molecule has 0 bridgehead atoms. The molecule has 1 N–H and O–H groups in total. The second kappa shape index (κ2) is 13.8. The number of phenols is 1. The number of rotatable bonds is 7. The molecular formula is C28H41ClN3O2+. The second-order valence-corrected chi connectivity index (χ2v) is 10.7. The highest BCUT2D eigenvalue weighted by Gasteiger charge is 2.21. The maximum atomic E-state index is 10.5. The zero-order chi connectivity index (χ0) is 24.2. The number of hydrogen-bond acceptors (Lipinski definition) is 4. The lowest BCUT2D eigenvalue weighted by molar-refractivity contribution is -0.923. The number of quaternary nitrogens is 1. The van der Waals surface area contributed by atoms with Crippen LogP contribution in [0.3, 0.4) is 0 Å². The van der Waals surface area contributed by atoms with Crippen molar-refractivity contribution in [1.29, 1.82) is 0 Å². The third-order valence-electron chi connectivity index (χ3n) is 6.48. The van der Waals surface area contributed by atoms with Crippen molar-refractivity contribution in [2.45, 2.75) is 83.3 Å². The van der Waals surface area contributed by atoms with Crippen molar-refractivity contribution >= 4 is 23.0 Å². The Hall–Kier alpha value is -1.95. The van der Waals surface area contributed by atoms with Crippen LogP contribution in [0.5, 0.6) is 5.75 Å². The van der Waals surface area contributed by atoms with Gasteiger partial charge in [-0.1, -0.05) is 69.4 Å². The number of benzene rings is 2. The van der Waals surface area contributed by atoms with Gasteiger partial charge in [0.2, 0.25) is 0 Å². The van der Waals surface area contributed by atoms with E-state index in [1.165, 1.54) is 57.8 Å². The molecule has 1 aliphatic rings. The summed E-state index contributed by atoms with van der Waals surface area (Å²) in [7, 11) is 4.30. The molecule has 2 aromatic rings. The van der Waals surface area contributed by atoms with Gasteiger partial charge in [-0.25, -0.2) is 0 Å². The zero-order valence-electron chi connectivity index (χ0n) is 20.9. The Morgan fingerprint density at radius 3 is 1.97 bits per heavy atom. The number of phenolic OH excluding ortho intramolecular Hbond substituents is 1. The van der Waals surface area contributed by atoms with Crippen LogP contribution in [0.1, 0.15) is 76.2 Å². The summed E-state index contributed by atoms with van der Waals surface area (Å²) >= 11 is 5.93. The standard InChI is InChI=1S/C28H40ClN3O2/c1-32(2,22-34-27-12-10-8-6-4-3-5-7-9-11-13-27)21-23-20-26(18-19-28(23)33)31-30-25-16-14-24(29)15-17-25/h14-20,27H,3-13,21-22H2,1-2H3/p+1. The molecule has 5 nitrogen and oxygen atoms in total. The molecule has 1 aliphatic carbocycles. The van der Waals surface area contributed by atoms with Crippen LogP contribution in [0.2, 0.25) is 5.02 Å². The molecule has 0 atom stereocenters. The highest BCUT2D eigenvalue weighted by atomic mass is 35.5. The van der Waals surface area contributed by atoms with Crippen molar-refractivity contribution in [1.82, 2.24) is 0 Å². The van der Waals surface area contributed by atoms with Gasteiger partial charge in [-0.05, 0) is 55.3 Å². The minimum atomic E-state index is 0.280. The van der Waals surface area contributed by atoms with E-state index < -0.39 is 0 Å². The summed E-state index contributed by atoms with van der Waals surface area (Å²) in [6.45, 7) is 1.28. The van der Waals surface area contributed by atoms with Gasteiger partial charge in [0.05, 0.1) is 37.1 Å². The Labute approximate surface area is 210 Å². The maximum absolute atomic E-state index is 10.5. The van der Waals surface area contributed by atoms with Crippen molar-refractivity contribution in [3.05, 3.63) is 53.1 Å². The van der Waals surface area contributed by atoms with Crippen molar-refractivity contribution < 1.29 is 14.3 Å². The summed E-state index contributed by atoms with van der Waals surface area (Å²) in [6.07, 6.45) is 14.7. The molecule has 0 spiro atoms. The molecule has 0 unspecified atom stereocenters. The van der Waals surface area contributed by atoms with Crippen LogP contribution in [-0.4, -0.2) is 36.5 Å². The molecule has 0 aliphatic heterocycles. The smallest absolute Gasteiger partial charge is 0.183 e. The quantitative estimate of drug-likeness (QED) is 0.241. The molecule has 1 saturated carbocycles. The van der Waals surface area contributed by atoms with Crippen LogP contribution < -0.4 is 0 Å². The minimum absolute atomic E-state index is 0.280. The first-order valence-electron chi connectivity index (χ1n) is 12.8. The van der Waals surface area contributed by atoms with Gasteiger partial charge in [0, 0.05) is 5.02 Å². The maximum Gasteiger partial charge on any atom is 0.183 e. The molecule has 0 aromatic heterocycles. The summed E-state index contributed by atoms with van der Waals surface area (Å²) in [5.41, 5.74) is 2.29. The van der Waals surface area contributed by atoms with E-state index in [0.29, 0.717) is 34.6 Å². The molecule has 0 radical (unpaired) electrons. The predicted molar refractivity (Wildman–Crippen MR) is 140 cm³/mol. The van der Waals surface area contributed by atoms with E-state index in [4.69, 9.17) is 16.3 Å². The molecule has 0 amide bonds. The van der Waals surface area contributed by atoms with Crippen LogP contribution in [0.15, 0.2) is 52.7 Å². The van der Waals surface area contributed by atoms with Crippen molar-refractivity contribution in [3.63, 3.8) is 0 Å². The summed E-state index contributed by atoms with van der Waals surface area (Å²) in [6, 6.07) is 12.6. The molecular weight excluding hydrogens is 446 g/mol. The van der Waals surface area contributed by atoms with E-state index in [-0.39, 0.29) is 5.75 Å². The van der Waals surface area contributed by atoms with Gasteiger partial charge < -0.3 is 14.3 Å². The van der Waals surface area contributed by atoms with Gasteiger partial charge in [-0.3, -0.25) is 0 Å². The Kier molecular flexibility index (Phi) is 10.8. The Morgan fingerprint density at radius 2 is 1.35 bits per heavy atom. The van der Waals surface area contributed by atoms with Crippen LogP contribution in [-0.2, 0) is 11.3 Å². The number of ether oxygens (including phenoxy) is 1. The van der Waals surface area contributed by atoms with Gasteiger partial charge in [0.1, 0.15) is 12.3 Å². The third kappa shape index (κ3) is 9.73. The number of halogens is 1. The van der Waals surface area contributed by atoms with Gasteiger partial charge >= 0.3 is 0 Å². The highest BCUT2D eigenvalue weighted by molar-refractivity contribution is 6.30. The first kappa shape index (κ1) is 26.7. The van der Waals surface area contributed by atoms with Crippen LogP contribution in [0, 0.1) is 0 Å². The van der Waals surface area contributed by atoms with Crippen LogP contribution in [0.25, 0.3) is 0 Å². The van der Waals surface area contributed by atoms with E-state index in [9.17, 15) is 5.11 Å². The molecule has 186 valence electrons. The molecule has 0 heterocycles. The van der Waals surface area contributed by atoms with Gasteiger partial charge in [-0.15, -0.1) is 0 Å². The first-order chi connectivity index (χ1) is 16.4. The number of aromatic hydroxyl groups is 1. The molecule has 6 heteroatoms. The zero-order valence-corrected chi connectivity index (χ0v) is 21.6. The van der Waals surface area contributed by atoms with E-state index in [0.717, 1.165) is 24.1 Å². The molecule has 1 fully saturated rings. The molecule has 34 heavy (non-hydrogen) atoms. The summed E-state index contributed by atoms with van der Waals surface area (Å²) < 4.78 is 7.09. The number of nitrogens with zero attached hydrogens (tertiary/aromatic N) is 3. The van der Waals surface area contributed by atoms with E-state index in [1.54, 1.807) is 24.3 Å². The fraction of sp³-hybridized carbons (Fsp3) is 0.571. The van der Waals surface area contributed by atoms with Gasteiger partial charge in [0.15, 0.2) is 6.73 Å². The van der Waals surface area contributed by atoms with Crippen molar-refractivity contribution in [3.8, 4) is 5.75 Å². The predicted octanol–water partition coefficient (Wildman–Crippen LogP) is 8.68.